The average Bonchev–Trinajstić information content (AvgIpc) is 2.97. The van der Waals surface area contributed by atoms with Gasteiger partial charge in [-0.05, 0) is 56.6 Å². The van der Waals surface area contributed by atoms with Gasteiger partial charge in [-0.1, -0.05) is 0 Å². The van der Waals surface area contributed by atoms with Gasteiger partial charge < -0.3 is 15.8 Å². The average molecular weight is 464 g/mol. The zero-order chi connectivity index (χ0) is 22.8. The van der Waals surface area contributed by atoms with Crippen LogP contribution in [-0.2, 0) is 21.2 Å². The molecule has 2 heterocycles. The predicted molar refractivity (Wildman–Crippen MR) is 108 cm³/mol. The molecule has 1 aromatic carbocycles. The van der Waals surface area contributed by atoms with Crippen molar-refractivity contribution in [2.24, 2.45) is 11.7 Å². The van der Waals surface area contributed by atoms with Gasteiger partial charge >= 0.3 is 6.09 Å². The zero-order valence-electron chi connectivity index (χ0n) is 17.3. The molecule has 2 aliphatic rings. The molecule has 1 aromatic rings. The summed E-state index contributed by atoms with van der Waals surface area (Å²) in [6.07, 6.45) is 1.84. The molecule has 31 heavy (non-hydrogen) atoms. The molecular weight excluding hydrogens is 435 g/mol. The molecule has 1 amide bonds. The molecule has 2 aliphatic heterocycles. The van der Waals surface area contributed by atoms with Crippen molar-refractivity contribution in [2.45, 2.75) is 57.2 Å². The molecule has 2 fully saturated rings. The minimum atomic E-state index is -3.58. The van der Waals surface area contributed by atoms with Crippen LogP contribution in [0, 0.1) is 23.4 Å². The van der Waals surface area contributed by atoms with E-state index < -0.39 is 39.6 Å². The van der Waals surface area contributed by atoms with Gasteiger partial charge in [0.1, 0.15) is 5.82 Å². The third-order valence-corrected chi connectivity index (χ3v) is 8.04. The fraction of sp³-hybridized carbons (Fsp3) is 0.650. The molecule has 0 aromatic heterocycles. The quantitative estimate of drug-likeness (QED) is 0.576. The Morgan fingerprint density at radius 1 is 1.19 bits per heavy atom. The molecule has 0 aliphatic carbocycles. The fourth-order valence-electron chi connectivity index (χ4n) is 4.69. The number of nitrogens with one attached hydrogen (secondary N) is 1. The van der Waals surface area contributed by atoms with E-state index in [4.69, 9.17) is 10.5 Å². The van der Waals surface area contributed by atoms with Crippen LogP contribution < -0.4 is 11.1 Å². The van der Waals surface area contributed by atoms with Crippen molar-refractivity contribution >= 4 is 16.1 Å². The lowest BCUT2D eigenvalue weighted by Crippen LogP contribution is -2.51. The van der Waals surface area contributed by atoms with Crippen molar-refractivity contribution in [3.05, 3.63) is 35.1 Å². The monoisotopic (exact) mass is 463 g/mol. The first-order valence-electron chi connectivity index (χ1n) is 10.4. The van der Waals surface area contributed by atoms with Crippen LogP contribution >= 0.6 is 0 Å². The summed E-state index contributed by atoms with van der Waals surface area (Å²) in [5.41, 5.74) is 6.29. The van der Waals surface area contributed by atoms with Crippen molar-refractivity contribution in [1.82, 2.24) is 9.62 Å². The minimum absolute atomic E-state index is 0.0128. The van der Waals surface area contributed by atoms with Crippen LogP contribution in [0.1, 0.15) is 38.2 Å². The number of hydrogen-bond acceptors (Lipinski definition) is 5. The summed E-state index contributed by atoms with van der Waals surface area (Å²) in [7, 11) is -3.58. The summed E-state index contributed by atoms with van der Waals surface area (Å²) < 4.78 is 72.5. The van der Waals surface area contributed by atoms with Gasteiger partial charge in [0.2, 0.25) is 10.0 Å². The van der Waals surface area contributed by atoms with Gasteiger partial charge in [0.15, 0.2) is 11.6 Å². The number of fused-ring (bicyclic) bond motifs is 2. The van der Waals surface area contributed by atoms with Crippen molar-refractivity contribution in [3.63, 3.8) is 0 Å². The highest BCUT2D eigenvalue weighted by Gasteiger charge is 2.47. The molecule has 4 atom stereocenters. The van der Waals surface area contributed by atoms with E-state index >= 15 is 0 Å². The number of rotatable bonds is 8. The Bertz CT molecular complexity index is 901. The first-order valence-corrected chi connectivity index (χ1v) is 12.0. The predicted octanol–water partition coefficient (Wildman–Crippen LogP) is 2.29. The van der Waals surface area contributed by atoms with Crippen molar-refractivity contribution in [1.29, 1.82) is 0 Å². The maximum atomic E-state index is 14.0. The smallest absolute Gasteiger partial charge is 0.407 e. The number of nitrogens with two attached hydrogens (primary N) is 1. The first kappa shape index (κ1) is 23.8. The lowest BCUT2D eigenvalue weighted by atomic mass is 9.83. The summed E-state index contributed by atoms with van der Waals surface area (Å²) in [5.74, 6) is -3.50. The molecule has 3 rings (SSSR count). The maximum absolute atomic E-state index is 14.0. The number of amides is 1. The topological polar surface area (TPSA) is 102 Å². The SMILES string of the molecule is CCOC(=O)NCCS(=O)(=O)N1[C@@H]2CC[C@H]1C[C@H]([C@H](N)Cc1cc(F)c(F)cc1F)C2. The Balaban J connectivity index is 1.60. The number of benzene rings is 1. The number of sulfonamides is 1. The van der Waals surface area contributed by atoms with Crippen LogP contribution in [0.15, 0.2) is 12.1 Å². The Labute approximate surface area is 180 Å². The van der Waals surface area contributed by atoms with Crippen molar-refractivity contribution in [2.75, 3.05) is 18.9 Å². The zero-order valence-corrected chi connectivity index (χ0v) is 18.1. The van der Waals surface area contributed by atoms with E-state index in [-0.39, 0.29) is 48.9 Å². The molecule has 174 valence electrons. The molecule has 0 unspecified atom stereocenters. The van der Waals surface area contributed by atoms with Gasteiger partial charge in [0, 0.05) is 30.7 Å². The molecule has 11 heteroatoms. The van der Waals surface area contributed by atoms with Gasteiger partial charge in [-0.2, -0.15) is 4.31 Å². The number of carbonyl (C=O) groups excluding carboxylic acids is 1. The molecule has 0 radical (unpaired) electrons. The van der Waals surface area contributed by atoms with Gasteiger partial charge in [-0.25, -0.2) is 26.4 Å². The van der Waals surface area contributed by atoms with E-state index in [9.17, 15) is 26.4 Å². The number of piperidine rings is 1. The molecule has 3 N–H and O–H groups in total. The highest BCUT2D eigenvalue weighted by Crippen LogP contribution is 2.41. The molecule has 2 saturated heterocycles. The normalized spacial score (nSPS) is 24.7. The summed E-state index contributed by atoms with van der Waals surface area (Å²) in [6.45, 7) is 1.81. The van der Waals surface area contributed by atoms with Gasteiger partial charge in [0.05, 0.1) is 12.4 Å². The Kier molecular flexibility index (Phi) is 7.48. The highest BCUT2D eigenvalue weighted by molar-refractivity contribution is 7.89. The highest BCUT2D eigenvalue weighted by atomic mass is 32.2. The lowest BCUT2D eigenvalue weighted by molar-refractivity contribution is 0.152. The van der Waals surface area contributed by atoms with E-state index in [1.165, 1.54) is 4.31 Å². The Morgan fingerprint density at radius 3 is 2.42 bits per heavy atom. The second kappa shape index (κ2) is 9.74. The summed E-state index contributed by atoms with van der Waals surface area (Å²) in [6, 6.07) is 0.419. The van der Waals surface area contributed by atoms with Crippen LogP contribution in [0.2, 0.25) is 0 Å². The van der Waals surface area contributed by atoms with Crippen LogP contribution in [0.25, 0.3) is 0 Å². The van der Waals surface area contributed by atoms with Crippen LogP contribution in [-0.4, -0.2) is 55.8 Å². The van der Waals surface area contributed by atoms with E-state index in [1.807, 2.05) is 0 Å². The summed E-state index contributed by atoms with van der Waals surface area (Å²) in [4.78, 5) is 11.4. The standard InChI is InChI=1S/C20H28F3N3O4S/c1-2-30-20(27)25-5-6-31(28,29)26-14-3-4-15(26)8-13(7-14)19(24)10-12-9-17(22)18(23)11-16(12)21/h9,11,13-15,19H,2-8,10,24H2,1H3,(H,25,27)/t13-,14-,15+,19-/m1/s1. The van der Waals surface area contributed by atoms with Gasteiger partial charge in [0.25, 0.3) is 0 Å². The number of nitrogens with zero attached hydrogens (tertiary/aromatic N) is 1. The van der Waals surface area contributed by atoms with E-state index in [0.717, 1.165) is 6.07 Å². The fourth-order valence-corrected chi connectivity index (χ4v) is 6.55. The van der Waals surface area contributed by atoms with Crippen molar-refractivity contribution < 1.29 is 31.1 Å². The van der Waals surface area contributed by atoms with Crippen LogP contribution in [0.3, 0.4) is 0 Å². The molecule has 0 saturated carbocycles. The van der Waals surface area contributed by atoms with E-state index in [0.29, 0.717) is 31.7 Å². The van der Waals surface area contributed by atoms with Gasteiger partial charge in [-0.3, -0.25) is 0 Å². The Hall–Kier alpha value is -1.85. The third kappa shape index (κ3) is 5.50. The largest absolute Gasteiger partial charge is 0.450 e. The van der Waals surface area contributed by atoms with E-state index in [1.54, 1.807) is 6.92 Å². The third-order valence-electron chi connectivity index (χ3n) is 6.08. The number of halogens is 3. The lowest BCUT2D eigenvalue weighted by Gasteiger charge is -2.40. The molecule has 0 spiro atoms. The summed E-state index contributed by atoms with van der Waals surface area (Å²) in [5, 5.41) is 2.42. The first-order chi connectivity index (χ1) is 14.6. The number of alkyl carbamates (subject to hydrolysis) is 1. The van der Waals surface area contributed by atoms with Crippen LogP contribution in [0.4, 0.5) is 18.0 Å². The molecule has 2 bridgehead atoms. The van der Waals surface area contributed by atoms with Crippen molar-refractivity contribution in [3.8, 4) is 0 Å². The second-order valence-electron chi connectivity index (χ2n) is 8.14. The molecule has 7 nitrogen and oxygen atoms in total. The van der Waals surface area contributed by atoms with Crippen LogP contribution in [0.5, 0.6) is 0 Å². The number of carbonyl (C=O) groups is 1. The summed E-state index contributed by atoms with van der Waals surface area (Å²) >= 11 is 0. The maximum Gasteiger partial charge on any atom is 0.407 e. The van der Waals surface area contributed by atoms with E-state index in [2.05, 4.69) is 5.32 Å². The van der Waals surface area contributed by atoms with Gasteiger partial charge in [-0.15, -0.1) is 0 Å². The Morgan fingerprint density at radius 2 is 1.81 bits per heavy atom. The molecular formula is C20H28F3N3O4S. The second-order valence-corrected chi connectivity index (χ2v) is 10.1. The minimum Gasteiger partial charge on any atom is -0.450 e. The number of hydrogen-bond donors (Lipinski definition) is 2. The number of ether oxygens (including phenoxy) is 1.